The molecule has 3 rings (SSSR count). The van der Waals surface area contributed by atoms with Gasteiger partial charge in [-0.2, -0.15) is 4.98 Å². The molecule has 2 heterocycles. The van der Waals surface area contributed by atoms with E-state index in [1.54, 1.807) is 0 Å². The Morgan fingerprint density at radius 3 is 3.05 bits per heavy atom. The average molecular weight is 336 g/mol. The van der Waals surface area contributed by atoms with E-state index < -0.39 is 0 Å². The van der Waals surface area contributed by atoms with E-state index >= 15 is 0 Å². The van der Waals surface area contributed by atoms with Crippen LogP contribution >= 0.6 is 15.9 Å². The molecule has 0 bridgehead atoms. The molecule has 5 nitrogen and oxygen atoms in total. The predicted molar refractivity (Wildman–Crippen MR) is 83.9 cm³/mol. The highest BCUT2D eigenvalue weighted by Crippen LogP contribution is 2.25. The number of hydrogen-bond acceptors (Lipinski definition) is 4. The minimum atomic E-state index is 0.471. The number of hydrogen-bond donors (Lipinski definition) is 2. The molecule has 1 aliphatic rings. The quantitative estimate of drug-likeness (QED) is 0.884. The first kappa shape index (κ1) is 13.6. The lowest BCUT2D eigenvalue weighted by atomic mass is 10.1. The summed E-state index contributed by atoms with van der Waals surface area (Å²) < 4.78 is 1.05. The maximum atomic E-state index is 4.65. The SMILES string of the molecule is Cc1ccc(Br)cc1-c1nc(N2CCNC(C)C2)n[nH]1. The van der Waals surface area contributed by atoms with Gasteiger partial charge in [0.2, 0.25) is 5.95 Å². The first-order valence-corrected chi connectivity index (χ1v) is 7.60. The summed E-state index contributed by atoms with van der Waals surface area (Å²) in [6.07, 6.45) is 0. The Morgan fingerprint density at radius 1 is 1.40 bits per heavy atom. The second-order valence-corrected chi connectivity index (χ2v) is 6.16. The van der Waals surface area contributed by atoms with Crippen LogP contribution in [0.1, 0.15) is 12.5 Å². The molecular formula is C14H18BrN5. The summed E-state index contributed by atoms with van der Waals surface area (Å²) in [7, 11) is 0. The number of benzene rings is 1. The highest BCUT2D eigenvalue weighted by Gasteiger charge is 2.19. The van der Waals surface area contributed by atoms with Crippen LogP contribution in [-0.4, -0.2) is 40.9 Å². The molecule has 0 radical (unpaired) electrons. The van der Waals surface area contributed by atoms with Gasteiger partial charge in [-0.05, 0) is 31.5 Å². The molecular weight excluding hydrogens is 318 g/mol. The van der Waals surface area contributed by atoms with Crippen molar-refractivity contribution in [1.29, 1.82) is 0 Å². The van der Waals surface area contributed by atoms with Crippen LogP contribution in [-0.2, 0) is 0 Å². The van der Waals surface area contributed by atoms with Crippen LogP contribution in [0.15, 0.2) is 22.7 Å². The highest BCUT2D eigenvalue weighted by atomic mass is 79.9. The van der Waals surface area contributed by atoms with Crippen LogP contribution in [0.25, 0.3) is 11.4 Å². The molecule has 6 heteroatoms. The van der Waals surface area contributed by atoms with Crippen molar-refractivity contribution < 1.29 is 0 Å². The van der Waals surface area contributed by atoms with Gasteiger partial charge in [0.1, 0.15) is 0 Å². The van der Waals surface area contributed by atoms with Crippen LogP contribution in [0, 0.1) is 6.92 Å². The standard InChI is InChI=1S/C14H18BrN5/c1-9-3-4-11(15)7-12(9)13-17-14(19-18-13)20-6-5-16-10(2)8-20/h3-4,7,10,16H,5-6,8H2,1-2H3,(H,17,18,19). The molecule has 1 aromatic carbocycles. The number of aromatic amines is 1. The summed E-state index contributed by atoms with van der Waals surface area (Å²) in [4.78, 5) is 6.87. The number of anilines is 1. The van der Waals surface area contributed by atoms with Crippen LogP contribution in [0.4, 0.5) is 5.95 Å². The molecule has 1 aliphatic heterocycles. The normalized spacial score (nSPS) is 19.4. The molecule has 0 spiro atoms. The van der Waals surface area contributed by atoms with Gasteiger partial charge in [0, 0.05) is 35.7 Å². The van der Waals surface area contributed by atoms with E-state index in [1.807, 2.05) is 6.07 Å². The summed E-state index contributed by atoms with van der Waals surface area (Å²) in [5, 5.41) is 10.8. The van der Waals surface area contributed by atoms with E-state index in [4.69, 9.17) is 0 Å². The lowest BCUT2D eigenvalue weighted by Gasteiger charge is -2.30. The van der Waals surface area contributed by atoms with Gasteiger partial charge in [-0.25, -0.2) is 0 Å². The molecule has 1 saturated heterocycles. The van der Waals surface area contributed by atoms with Crippen LogP contribution in [0.2, 0.25) is 0 Å². The summed E-state index contributed by atoms with van der Waals surface area (Å²) in [5.74, 6) is 1.61. The zero-order chi connectivity index (χ0) is 14.1. The van der Waals surface area contributed by atoms with Crippen molar-refractivity contribution in [3.63, 3.8) is 0 Å². The summed E-state index contributed by atoms with van der Waals surface area (Å²) in [6, 6.07) is 6.65. The topological polar surface area (TPSA) is 56.8 Å². The van der Waals surface area contributed by atoms with E-state index in [2.05, 4.69) is 67.3 Å². The molecule has 0 saturated carbocycles. The molecule has 0 amide bonds. The zero-order valence-corrected chi connectivity index (χ0v) is 13.2. The summed E-state index contributed by atoms with van der Waals surface area (Å²) in [5.41, 5.74) is 2.27. The second-order valence-electron chi connectivity index (χ2n) is 5.24. The minimum absolute atomic E-state index is 0.471. The third-order valence-electron chi connectivity index (χ3n) is 3.58. The fourth-order valence-electron chi connectivity index (χ4n) is 2.48. The fourth-order valence-corrected chi connectivity index (χ4v) is 2.84. The molecule has 2 aromatic rings. The highest BCUT2D eigenvalue weighted by molar-refractivity contribution is 9.10. The maximum Gasteiger partial charge on any atom is 0.245 e. The van der Waals surface area contributed by atoms with Crippen molar-refractivity contribution in [3.8, 4) is 11.4 Å². The van der Waals surface area contributed by atoms with Crippen LogP contribution < -0.4 is 10.2 Å². The first-order valence-electron chi connectivity index (χ1n) is 6.81. The molecule has 0 aliphatic carbocycles. The molecule has 20 heavy (non-hydrogen) atoms. The van der Waals surface area contributed by atoms with Gasteiger partial charge in [-0.1, -0.05) is 22.0 Å². The number of aromatic nitrogens is 3. The van der Waals surface area contributed by atoms with E-state index in [9.17, 15) is 0 Å². The van der Waals surface area contributed by atoms with Gasteiger partial charge in [-0.15, -0.1) is 5.10 Å². The number of halogens is 1. The summed E-state index contributed by atoms with van der Waals surface area (Å²) >= 11 is 3.50. The molecule has 2 N–H and O–H groups in total. The Hall–Kier alpha value is -1.40. The Morgan fingerprint density at radius 2 is 2.25 bits per heavy atom. The van der Waals surface area contributed by atoms with E-state index in [0.717, 1.165) is 41.4 Å². The first-order chi connectivity index (χ1) is 9.63. The number of aryl methyl sites for hydroxylation is 1. The molecule has 106 valence electrons. The molecule has 1 unspecified atom stereocenters. The van der Waals surface area contributed by atoms with Crippen LogP contribution in [0.3, 0.4) is 0 Å². The van der Waals surface area contributed by atoms with Crippen molar-refractivity contribution in [3.05, 3.63) is 28.2 Å². The van der Waals surface area contributed by atoms with Gasteiger partial charge < -0.3 is 10.2 Å². The lowest BCUT2D eigenvalue weighted by molar-refractivity contribution is 0.480. The van der Waals surface area contributed by atoms with Crippen molar-refractivity contribution in [1.82, 2.24) is 20.5 Å². The number of nitrogens with zero attached hydrogens (tertiary/aromatic N) is 3. The summed E-state index contributed by atoms with van der Waals surface area (Å²) in [6.45, 7) is 7.11. The monoisotopic (exact) mass is 335 g/mol. The van der Waals surface area contributed by atoms with Crippen LogP contribution in [0.5, 0.6) is 0 Å². The second kappa shape index (κ2) is 5.54. The van der Waals surface area contributed by atoms with Gasteiger partial charge >= 0.3 is 0 Å². The number of H-pyrrole nitrogens is 1. The third-order valence-corrected chi connectivity index (χ3v) is 4.07. The lowest BCUT2D eigenvalue weighted by Crippen LogP contribution is -2.49. The zero-order valence-electron chi connectivity index (χ0n) is 11.7. The molecule has 1 atom stereocenters. The van der Waals surface area contributed by atoms with E-state index in [-0.39, 0.29) is 0 Å². The Labute approximate surface area is 126 Å². The third kappa shape index (κ3) is 2.71. The number of piperazine rings is 1. The van der Waals surface area contributed by atoms with Crippen molar-refractivity contribution in [2.75, 3.05) is 24.5 Å². The minimum Gasteiger partial charge on any atom is -0.337 e. The van der Waals surface area contributed by atoms with Gasteiger partial charge in [-0.3, -0.25) is 5.10 Å². The van der Waals surface area contributed by atoms with Gasteiger partial charge in [0.25, 0.3) is 0 Å². The smallest absolute Gasteiger partial charge is 0.245 e. The maximum absolute atomic E-state index is 4.65. The largest absolute Gasteiger partial charge is 0.337 e. The average Bonchev–Trinajstić information content (AvgIpc) is 2.91. The Balaban J connectivity index is 1.88. The number of nitrogens with one attached hydrogen (secondary N) is 2. The molecule has 1 aromatic heterocycles. The van der Waals surface area contributed by atoms with E-state index in [0.29, 0.717) is 6.04 Å². The van der Waals surface area contributed by atoms with E-state index in [1.165, 1.54) is 5.56 Å². The fraction of sp³-hybridized carbons (Fsp3) is 0.429. The van der Waals surface area contributed by atoms with Gasteiger partial charge in [0.05, 0.1) is 0 Å². The number of rotatable bonds is 2. The Bertz CT molecular complexity index is 609. The Kier molecular flexibility index (Phi) is 3.76. The molecule has 1 fully saturated rings. The van der Waals surface area contributed by atoms with Crippen molar-refractivity contribution in [2.24, 2.45) is 0 Å². The van der Waals surface area contributed by atoms with Crippen molar-refractivity contribution in [2.45, 2.75) is 19.9 Å². The predicted octanol–water partition coefficient (Wildman–Crippen LogP) is 2.34. The van der Waals surface area contributed by atoms with Gasteiger partial charge in [0.15, 0.2) is 5.82 Å². The van der Waals surface area contributed by atoms with Crippen molar-refractivity contribution >= 4 is 21.9 Å².